The summed E-state index contributed by atoms with van der Waals surface area (Å²) < 4.78 is 7.13. The average Bonchev–Trinajstić information content (AvgIpc) is 2.96. The highest BCUT2D eigenvalue weighted by Crippen LogP contribution is 2.21. The molecule has 2 aromatic carbocycles. The van der Waals surface area contributed by atoms with Crippen molar-refractivity contribution in [3.8, 4) is 0 Å². The van der Waals surface area contributed by atoms with Crippen molar-refractivity contribution in [1.82, 2.24) is 9.88 Å². The fourth-order valence-electron chi connectivity index (χ4n) is 2.54. The van der Waals surface area contributed by atoms with Gasteiger partial charge >= 0.3 is 5.76 Å². The van der Waals surface area contributed by atoms with Crippen LogP contribution in [0.15, 0.2) is 62.2 Å². The van der Waals surface area contributed by atoms with E-state index >= 15 is 0 Å². The SMILES string of the molecule is C[C@H](C(=O)NCC(=O)Nc1ccccc1Br)n1c(=O)oc2ccccc21. The Morgan fingerprint density at radius 3 is 2.62 bits per heavy atom. The van der Waals surface area contributed by atoms with Gasteiger partial charge in [-0.05, 0) is 47.1 Å². The van der Waals surface area contributed by atoms with Gasteiger partial charge in [-0.2, -0.15) is 0 Å². The summed E-state index contributed by atoms with van der Waals surface area (Å²) in [6, 6.07) is 13.2. The largest absolute Gasteiger partial charge is 0.420 e. The number of benzene rings is 2. The molecule has 0 radical (unpaired) electrons. The van der Waals surface area contributed by atoms with E-state index in [0.29, 0.717) is 16.8 Å². The van der Waals surface area contributed by atoms with Gasteiger partial charge in [0.15, 0.2) is 5.58 Å². The van der Waals surface area contributed by atoms with E-state index in [0.717, 1.165) is 4.47 Å². The molecule has 3 aromatic rings. The van der Waals surface area contributed by atoms with Crippen molar-refractivity contribution in [3.05, 3.63) is 63.6 Å². The zero-order valence-electron chi connectivity index (χ0n) is 13.9. The van der Waals surface area contributed by atoms with E-state index in [9.17, 15) is 14.4 Å². The van der Waals surface area contributed by atoms with Crippen LogP contribution in [0.4, 0.5) is 5.69 Å². The Labute approximate surface area is 157 Å². The predicted molar refractivity (Wildman–Crippen MR) is 101 cm³/mol. The highest BCUT2D eigenvalue weighted by molar-refractivity contribution is 9.10. The lowest BCUT2D eigenvalue weighted by Crippen LogP contribution is -2.38. The van der Waals surface area contributed by atoms with Crippen LogP contribution in [-0.4, -0.2) is 22.9 Å². The van der Waals surface area contributed by atoms with Crippen molar-refractivity contribution in [2.75, 3.05) is 11.9 Å². The molecule has 1 atom stereocenters. The fraction of sp³-hybridized carbons (Fsp3) is 0.167. The number of halogens is 1. The number of carbonyl (C=O) groups excluding carboxylic acids is 2. The summed E-state index contributed by atoms with van der Waals surface area (Å²) in [6.45, 7) is 1.36. The third kappa shape index (κ3) is 3.70. The average molecular weight is 418 g/mol. The summed E-state index contributed by atoms with van der Waals surface area (Å²) in [4.78, 5) is 36.4. The minimum absolute atomic E-state index is 0.213. The van der Waals surface area contributed by atoms with E-state index in [1.54, 1.807) is 49.4 Å². The number of amides is 2. The minimum Gasteiger partial charge on any atom is -0.408 e. The second-order valence-corrected chi connectivity index (χ2v) is 6.48. The van der Waals surface area contributed by atoms with Crippen LogP contribution in [0, 0.1) is 0 Å². The third-order valence-electron chi connectivity index (χ3n) is 3.86. The molecule has 3 rings (SSSR count). The number of carbonyl (C=O) groups is 2. The molecule has 1 aromatic heterocycles. The molecule has 0 aliphatic rings. The molecule has 2 N–H and O–H groups in total. The van der Waals surface area contributed by atoms with Gasteiger partial charge < -0.3 is 15.1 Å². The van der Waals surface area contributed by atoms with E-state index in [-0.39, 0.29) is 12.5 Å². The summed E-state index contributed by atoms with van der Waals surface area (Å²) in [7, 11) is 0. The Morgan fingerprint density at radius 1 is 1.15 bits per heavy atom. The van der Waals surface area contributed by atoms with E-state index in [4.69, 9.17) is 4.42 Å². The smallest absolute Gasteiger partial charge is 0.408 e. The maximum atomic E-state index is 12.4. The number of hydrogen-bond donors (Lipinski definition) is 2. The lowest BCUT2D eigenvalue weighted by Gasteiger charge is -2.13. The molecule has 1 heterocycles. The zero-order chi connectivity index (χ0) is 18.7. The molecule has 26 heavy (non-hydrogen) atoms. The summed E-state index contributed by atoms with van der Waals surface area (Å²) in [6.07, 6.45) is 0. The lowest BCUT2D eigenvalue weighted by molar-refractivity contribution is -0.126. The van der Waals surface area contributed by atoms with Crippen molar-refractivity contribution >= 4 is 44.5 Å². The summed E-state index contributed by atoms with van der Waals surface area (Å²) in [5.41, 5.74) is 1.54. The number of rotatable bonds is 5. The summed E-state index contributed by atoms with van der Waals surface area (Å²) in [5.74, 6) is -1.45. The van der Waals surface area contributed by atoms with Gasteiger partial charge in [-0.1, -0.05) is 24.3 Å². The Hall–Kier alpha value is -2.87. The standard InChI is InChI=1S/C18H16BrN3O4/c1-11(22-14-8-4-5-9-15(14)26-18(22)25)17(24)20-10-16(23)21-13-7-3-2-6-12(13)19/h2-9,11H,10H2,1H3,(H,20,24)(H,21,23)/t11-/m1/s1. The first-order chi connectivity index (χ1) is 12.5. The molecule has 0 aliphatic heterocycles. The molecule has 7 nitrogen and oxygen atoms in total. The number of nitrogens with zero attached hydrogens (tertiary/aromatic N) is 1. The Bertz CT molecular complexity index is 1020. The summed E-state index contributed by atoms with van der Waals surface area (Å²) >= 11 is 3.33. The van der Waals surface area contributed by atoms with E-state index < -0.39 is 17.7 Å². The Kier molecular flexibility index (Phi) is 5.22. The van der Waals surface area contributed by atoms with Gasteiger partial charge in [-0.25, -0.2) is 4.79 Å². The van der Waals surface area contributed by atoms with Gasteiger partial charge in [0.05, 0.1) is 17.7 Å². The minimum atomic E-state index is -0.817. The molecule has 2 amide bonds. The van der Waals surface area contributed by atoms with Crippen LogP contribution in [-0.2, 0) is 9.59 Å². The molecule has 0 saturated heterocycles. The Balaban J connectivity index is 1.66. The van der Waals surface area contributed by atoms with E-state index in [2.05, 4.69) is 26.6 Å². The molecule has 0 bridgehead atoms. The molecule has 8 heteroatoms. The van der Waals surface area contributed by atoms with Crippen LogP contribution in [0.1, 0.15) is 13.0 Å². The van der Waals surface area contributed by atoms with E-state index in [1.165, 1.54) is 4.57 Å². The molecular formula is C18H16BrN3O4. The summed E-state index contributed by atoms with van der Waals surface area (Å²) in [5, 5.41) is 5.23. The van der Waals surface area contributed by atoms with Crippen LogP contribution in [0.2, 0.25) is 0 Å². The van der Waals surface area contributed by atoms with Crippen LogP contribution < -0.4 is 16.4 Å². The molecule has 0 saturated carbocycles. The highest BCUT2D eigenvalue weighted by Gasteiger charge is 2.21. The first kappa shape index (κ1) is 17.9. The second-order valence-electron chi connectivity index (χ2n) is 5.63. The number of oxazole rings is 1. The van der Waals surface area contributed by atoms with Gasteiger partial charge in [0.1, 0.15) is 6.04 Å². The highest BCUT2D eigenvalue weighted by atomic mass is 79.9. The van der Waals surface area contributed by atoms with Crippen molar-refractivity contribution in [2.45, 2.75) is 13.0 Å². The van der Waals surface area contributed by atoms with Gasteiger partial charge in [0.25, 0.3) is 0 Å². The predicted octanol–water partition coefficient (Wildman–Crippen LogP) is 2.67. The van der Waals surface area contributed by atoms with Crippen molar-refractivity contribution in [3.63, 3.8) is 0 Å². The Morgan fingerprint density at radius 2 is 1.85 bits per heavy atom. The normalized spacial score (nSPS) is 11.9. The monoisotopic (exact) mass is 417 g/mol. The number of nitrogens with one attached hydrogen (secondary N) is 2. The molecule has 0 unspecified atom stereocenters. The van der Waals surface area contributed by atoms with Gasteiger partial charge in [0.2, 0.25) is 11.8 Å². The van der Waals surface area contributed by atoms with Crippen molar-refractivity contribution < 1.29 is 14.0 Å². The number of anilines is 1. The molecule has 0 aliphatic carbocycles. The second kappa shape index (κ2) is 7.57. The van der Waals surface area contributed by atoms with Crippen LogP contribution >= 0.6 is 15.9 Å². The first-order valence-electron chi connectivity index (χ1n) is 7.89. The molecule has 0 fully saturated rings. The first-order valence-corrected chi connectivity index (χ1v) is 8.69. The van der Waals surface area contributed by atoms with Crippen molar-refractivity contribution in [2.24, 2.45) is 0 Å². The van der Waals surface area contributed by atoms with Gasteiger partial charge in [0, 0.05) is 4.47 Å². The maximum Gasteiger partial charge on any atom is 0.420 e. The number of para-hydroxylation sites is 3. The van der Waals surface area contributed by atoms with Gasteiger partial charge in [-0.15, -0.1) is 0 Å². The number of aromatic nitrogens is 1. The lowest BCUT2D eigenvalue weighted by atomic mass is 10.2. The van der Waals surface area contributed by atoms with E-state index in [1.807, 2.05) is 6.07 Å². The van der Waals surface area contributed by atoms with Crippen LogP contribution in [0.25, 0.3) is 11.1 Å². The third-order valence-corrected chi connectivity index (χ3v) is 4.55. The van der Waals surface area contributed by atoms with Gasteiger partial charge in [-0.3, -0.25) is 14.2 Å². The fourth-order valence-corrected chi connectivity index (χ4v) is 2.92. The molecule has 0 spiro atoms. The molecular weight excluding hydrogens is 402 g/mol. The maximum absolute atomic E-state index is 12.4. The zero-order valence-corrected chi connectivity index (χ0v) is 15.4. The van der Waals surface area contributed by atoms with Crippen molar-refractivity contribution in [1.29, 1.82) is 0 Å². The van der Waals surface area contributed by atoms with Crippen LogP contribution in [0.5, 0.6) is 0 Å². The van der Waals surface area contributed by atoms with Crippen LogP contribution in [0.3, 0.4) is 0 Å². The molecule has 134 valence electrons. The topological polar surface area (TPSA) is 93.3 Å². The number of fused-ring (bicyclic) bond motifs is 1. The quantitative estimate of drug-likeness (QED) is 0.667. The number of hydrogen-bond acceptors (Lipinski definition) is 4.